The highest BCUT2D eigenvalue weighted by Gasteiger charge is 2.21. The van der Waals surface area contributed by atoms with Gasteiger partial charge in [0, 0.05) is 63.5 Å². The van der Waals surface area contributed by atoms with Crippen LogP contribution in [0.15, 0.2) is 36.4 Å². The number of ketones is 2. The molecule has 210 valence electrons. The largest absolute Gasteiger partial charge is 0.314 e. The number of likely N-dealkylation sites (N-methyl/N-ethyl adjacent to an activating group) is 1. The van der Waals surface area contributed by atoms with Gasteiger partial charge in [-0.2, -0.15) is 0 Å². The van der Waals surface area contributed by atoms with Gasteiger partial charge in [0.1, 0.15) is 0 Å². The van der Waals surface area contributed by atoms with E-state index in [0.29, 0.717) is 13.1 Å². The molecule has 0 radical (unpaired) electrons. The van der Waals surface area contributed by atoms with Crippen LogP contribution >= 0.6 is 0 Å². The highest BCUT2D eigenvalue weighted by molar-refractivity contribution is 5.99. The molecule has 2 aliphatic heterocycles. The first-order chi connectivity index (χ1) is 19.0. The average molecular weight is 531 g/mol. The van der Waals surface area contributed by atoms with Crippen LogP contribution in [0.2, 0.25) is 0 Å². The molecule has 2 heterocycles. The number of rotatable bonds is 6. The van der Waals surface area contributed by atoms with E-state index in [1.807, 2.05) is 0 Å². The van der Waals surface area contributed by atoms with Crippen molar-refractivity contribution < 1.29 is 9.59 Å². The summed E-state index contributed by atoms with van der Waals surface area (Å²) in [5.41, 5.74) is 6.80. The zero-order valence-electron chi connectivity index (χ0n) is 23.9. The third kappa shape index (κ3) is 7.85. The van der Waals surface area contributed by atoms with Gasteiger partial charge < -0.3 is 10.2 Å². The SMILES string of the molecule is CN1CCN(CC(=O)c2cc3ccc2CCCCc2ccc(cc2C(=O)CN2CCNCC2)CCCC3)CC1. The number of benzene rings is 2. The van der Waals surface area contributed by atoms with Gasteiger partial charge in [-0.05, 0) is 92.8 Å². The summed E-state index contributed by atoms with van der Waals surface area (Å²) in [6.45, 7) is 8.82. The summed E-state index contributed by atoms with van der Waals surface area (Å²) in [4.78, 5) is 33.9. The molecule has 4 bridgehead atoms. The number of hydrogen-bond acceptors (Lipinski definition) is 6. The summed E-state index contributed by atoms with van der Waals surface area (Å²) in [5, 5.41) is 3.38. The van der Waals surface area contributed by atoms with Crippen LogP contribution in [0.5, 0.6) is 0 Å². The molecule has 8 rings (SSSR count). The van der Waals surface area contributed by atoms with Gasteiger partial charge in [-0.25, -0.2) is 0 Å². The molecule has 39 heavy (non-hydrogen) atoms. The van der Waals surface area contributed by atoms with Crippen LogP contribution in [0.1, 0.15) is 68.7 Å². The predicted octanol–water partition coefficient (Wildman–Crippen LogP) is 3.65. The van der Waals surface area contributed by atoms with E-state index in [2.05, 4.69) is 63.5 Å². The Morgan fingerprint density at radius 2 is 1.10 bits per heavy atom. The third-order valence-corrected chi connectivity index (χ3v) is 8.81. The minimum Gasteiger partial charge on any atom is -0.314 e. The standard InChI is InChI=1S/C33H46N4O2/c1-35-18-20-37(21-19-35)25-33(39)31-23-27-7-3-2-6-26-10-12-28(8-4-5-9-29(31)13-11-27)30(22-26)32(38)24-36-16-14-34-15-17-36/h10-13,22-23,34H,2-9,14-21,24-25H2,1H3. The Bertz CT molecular complexity index is 1130. The maximum Gasteiger partial charge on any atom is 0.177 e. The summed E-state index contributed by atoms with van der Waals surface area (Å²) in [6.07, 6.45) is 7.98. The Morgan fingerprint density at radius 1 is 0.641 bits per heavy atom. The molecular weight excluding hydrogens is 484 g/mol. The number of hydrogen-bond donors (Lipinski definition) is 1. The van der Waals surface area contributed by atoms with E-state index < -0.39 is 0 Å². The molecule has 2 aromatic rings. The summed E-state index contributed by atoms with van der Waals surface area (Å²) in [7, 11) is 2.15. The normalized spacial score (nSPS) is 20.3. The van der Waals surface area contributed by atoms with Crippen molar-refractivity contribution in [3.63, 3.8) is 0 Å². The first kappa shape index (κ1) is 28.2. The first-order valence-corrected chi connectivity index (χ1v) is 15.2. The number of Topliss-reactive ketones (excluding diaryl/α,β-unsaturated/α-hetero) is 2. The number of nitrogens with one attached hydrogen (secondary N) is 1. The maximum absolute atomic E-state index is 13.5. The minimum absolute atomic E-state index is 0.265. The van der Waals surface area contributed by atoms with E-state index in [1.54, 1.807) is 0 Å². The molecule has 2 aromatic carbocycles. The van der Waals surface area contributed by atoms with Crippen LogP contribution in [0.3, 0.4) is 0 Å². The zero-order chi connectivity index (χ0) is 27.0. The Morgan fingerprint density at radius 3 is 1.62 bits per heavy atom. The lowest BCUT2D eigenvalue weighted by Crippen LogP contribution is -2.46. The third-order valence-electron chi connectivity index (χ3n) is 8.81. The second-order valence-corrected chi connectivity index (χ2v) is 11.8. The number of piperazine rings is 2. The van der Waals surface area contributed by atoms with Gasteiger partial charge in [0.2, 0.25) is 0 Å². The zero-order valence-corrected chi connectivity index (χ0v) is 23.9. The molecular formula is C33H46N4O2. The quantitative estimate of drug-likeness (QED) is 0.576. The van der Waals surface area contributed by atoms with E-state index in [-0.39, 0.29) is 11.6 Å². The lowest BCUT2D eigenvalue weighted by atomic mass is 9.91. The Hall–Kier alpha value is -2.38. The van der Waals surface area contributed by atoms with E-state index in [1.165, 1.54) is 22.3 Å². The number of aryl methyl sites for hydroxylation is 4. The van der Waals surface area contributed by atoms with Crippen LogP contribution in [0.4, 0.5) is 0 Å². The second kappa shape index (κ2) is 13.8. The van der Waals surface area contributed by atoms with Gasteiger partial charge in [0.15, 0.2) is 11.6 Å². The number of nitrogens with zero attached hydrogens (tertiary/aromatic N) is 3. The molecule has 0 atom stereocenters. The summed E-state index contributed by atoms with van der Waals surface area (Å²) in [6, 6.07) is 13.3. The Labute approximate surface area is 234 Å². The number of carbonyl (C=O) groups is 2. The van der Waals surface area contributed by atoms with Gasteiger partial charge in [0.25, 0.3) is 0 Å². The van der Waals surface area contributed by atoms with Crippen LogP contribution < -0.4 is 5.32 Å². The Balaban J connectivity index is 1.29. The fourth-order valence-electron chi connectivity index (χ4n) is 6.25. The smallest absolute Gasteiger partial charge is 0.177 e. The van der Waals surface area contributed by atoms with Gasteiger partial charge in [-0.1, -0.05) is 24.3 Å². The summed E-state index contributed by atoms with van der Waals surface area (Å²) < 4.78 is 0. The minimum atomic E-state index is 0.265. The van der Waals surface area contributed by atoms with Gasteiger partial charge in [-0.15, -0.1) is 0 Å². The predicted molar refractivity (Wildman–Crippen MR) is 158 cm³/mol. The van der Waals surface area contributed by atoms with Crippen molar-refractivity contribution in [1.29, 1.82) is 0 Å². The molecule has 0 unspecified atom stereocenters. The van der Waals surface area contributed by atoms with Gasteiger partial charge in [0.05, 0.1) is 13.1 Å². The van der Waals surface area contributed by atoms with Crippen LogP contribution in [0, 0.1) is 0 Å². The van der Waals surface area contributed by atoms with Crippen LogP contribution in [0.25, 0.3) is 0 Å². The molecule has 2 fully saturated rings. The van der Waals surface area contributed by atoms with Gasteiger partial charge in [-0.3, -0.25) is 19.4 Å². The molecule has 0 amide bonds. The maximum atomic E-state index is 13.5. The lowest BCUT2D eigenvalue weighted by Gasteiger charge is -2.32. The second-order valence-electron chi connectivity index (χ2n) is 11.8. The lowest BCUT2D eigenvalue weighted by molar-refractivity contribution is 0.0874. The van der Waals surface area contributed by atoms with E-state index >= 15 is 0 Å². The van der Waals surface area contributed by atoms with Crippen molar-refractivity contribution in [3.05, 3.63) is 69.8 Å². The van der Waals surface area contributed by atoms with Crippen molar-refractivity contribution in [1.82, 2.24) is 20.0 Å². The molecule has 6 nitrogen and oxygen atoms in total. The van der Waals surface area contributed by atoms with Crippen LogP contribution in [-0.2, 0) is 25.7 Å². The number of carbonyl (C=O) groups excluding carboxylic acids is 2. The summed E-state index contributed by atoms with van der Waals surface area (Å²) in [5.74, 6) is 0.537. The molecule has 2 saturated heterocycles. The van der Waals surface area contributed by atoms with Gasteiger partial charge >= 0.3 is 0 Å². The van der Waals surface area contributed by atoms with Crippen molar-refractivity contribution in [2.75, 3.05) is 72.5 Å². The highest BCUT2D eigenvalue weighted by atomic mass is 16.1. The van der Waals surface area contributed by atoms with E-state index in [9.17, 15) is 9.59 Å². The fourth-order valence-corrected chi connectivity index (χ4v) is 6.25. The average Bonchev–Trinajstić information content (AvgIpc) is 2.95. The van der Waals surface area contributed by atoms with E-state index in [4.69, 9.17) is 0 Å². The van der Waals surface area contributed by atoms with Crippen molar-refractivity contribution >= 4 is 11.6 Å². The topological polar surface area (TPSA) is 55.9 Å². The summed E-state index contributed by atoms with van der Waals surface area (Å²) >= 11 is 0. The molecule has 4 aliphatic carbocycles. The molecule has 0 saturated carbocycles. The van der Waals surface area contributed by atoms with Crippen molar-refractivity contribution in [2.24, 2.45) is 0 Å². The molecule has 6 heteroatoms. The van der Waals surface area contributed by atoms with Crippen LogP contribution in [-0.4, -0.2) is 98.8 Å². The molecule has 6 aliphatic rings. The molecule has 0 spiro atoms. The molecule has 0 aromatic heterocycles. The van der Waals surface area contributed by atoms with E-state index in [0.717, 1.165) is 115 Å². The molecule has 1 N–H and O–H groups in total. The monoisotopic (exact) mass is 530 g/mol. The fraction of sp³-hybridized carbons (Fsp3) is 0.576. The Kier molecular flexibility index (Phi) is 9.96. The van der Waals surface area contributed by atoms with Crippen molar-refractivity contribution in [3.8, 4) is 0 Å². The first-order valence-electron chi connectivity index (χ1n) is 15.2. The highest BCUT2D eigenvalue weighted by Crippen LogP contribution is 2.22. The van der Waals surface area contributed by atoms with Crippen molar-refractivity contribution in [2.45, 2.75) is 51.4 Å².